The highest BCUT2D eigenvalue weighted by atomic mass is 35.5. The number of hydrogen-bond donors (Lipinski definition) is 2. The third-order valence-corrected chi connectivity index (χ3v) is 12.8. The number of sulfone groups is 1. The van der Waals surface area contributed by atoms with Gasteiger partial charge in [-0.15, -0.1) is 0 Å². The summed E-state index contributed by atoms with van der Waals surface area (Å²) in [6.45, 7) is 1.81. The number of carboxylic acids is 1. The topological polar surface area (TPSA) is 146 Å². The molecule has 1 unspecified atom stereocenters. The lowest BCUT2D eigenvalue weighted by Crippen LogP contribution is -2.67. The lowest BCUT2D eigenvalue weighted by Gasteiger charge is -2.49. The Morgan fingerprint density at radius 2 is 1.69 bits per heavy atom. The monoisotopic (exact) mass is 715 g/mol. The molecule has 0 radical (unpaired) electrons. The second-order valence-corrected chi connectivity index (χ2v) is 16.4. The number of hydrogen-bond acceptors (Lipinski definition) is 9. The van der Waals surface area contributed by atoms with Gasteiger partial charge in [0.25, 0.3) is 5.91 Å². The number of ketones is 1. The van der Waals surface area contributed by atoms with E-state index in [9.17, 15) is 27.9 Å². The van der Waals surface area contributed by atoms with Gasteiger partial charge in [-0.05, 0) is 74.1 Å². The van der Waals surface area contributed by atoms with Gasteiger partial charge in [-0.3, -0.25) is 24.2 Å². The smallest absolute Gasteiger partial charge is 0.306 e. The van der Waals surface area contributed by atoms with E-state index in [0.29, 0.717) is 62.8 Å². The average molecular weight is 716 g/mol. The van der Waals surface area contributed by atoms with Gasteiger partial charge in [0, 0.05) is 38.0 Å². The minimum absolute atomic E-state index is 0.0329. The highest BCUT2D eigenvalue weighted by molar-refractivity contribution is 7.91. The van der Waals surface area contributed by atoms with E-state index < -0.39 is 51.2 Å². The summed E-state index contributed by atoms with van der Waals surface area (Å²) in [6, 6.07) is 9.47. The van der Waals surface area contributed by atoms with Crippen molar-refractivity contribution in [2.24, 2.45) is 17.8 Å². The highest BCUT2D eigenvalue weighted by Crippen LogP contribution is 2.42. The van der Waals surface area contributed by atoms with Crippen molar-refractivity contribution in [3.63, 3.8) is 0 Å². The molecule has 262 valence electrons. The number of nitrogens with one attached hydrogen (secondary N) is 1. The van der Waals surface area contributed by atoms with Crippen LogP contribution in [0.1, 0.15) is 54.4 Å². The number of fused-ring (bicyclic) bond motifs is 2. The first kappa shape index (κ1) is 34.1. The third kappa shape index (κ3) is 6.63. The Balaban J connectivity index is 1.17. The first-order valence-electron chi connectivity index (χ1n) is 16.8. The number of carbonyl (C=O) groups excluding carboxylic acids is 2. The van der Waals surface area contributed by atoms with Crippen molar-refractivity contribution < 1.29 is 41.5 Å². The molecule has 0 bridgehead atoms. The van der Waals surface area contributed by atoms with Crippen LogP contribution in [0.3, 0.4) is 0 Å². The maximum absolute atomic E-state index is 15.9. The van der Waals surface area contributed by atoms with E-state index in [4.69, 9.17) is 20.8 Å². The standard InChI is InChI=1S/C35H39ClFN3O8S/c36-28-13-22(29(37)15-30(28)38-33(42)27-18-47-31-6-2-1-5-26(27)31)14-32(41)35(39-11-3-4-12-39,48-25-9-7-21(8-10-25)34(43)44)40-16-23-19-49(45,46)20-24(23)17-40/h1-2,5-6,13,15,18,21,23-25H,3-4,7-12,14,16-17,19-20H2,(H,38,42)(H,43,44)/t21?,23-,24+,25?,35?. The number of nitrogens with zero attached hydrogens (tertiary/aromatic N) is 2. The summed E-state index contributed by atoms with van der Waals surface area (Å²) in [5, 5.41) is 12.9. The molecule has 11 nitrogen and oxygen atoms in total. The van der Waals surface area contributed by atoms with Crippen LogP contribution >= 0.6 is 11.6 Å². The highest BCUT2D eigenvalue weighted by Gasteiger charge is 2.57. The number of amides is 1. The van der Waals surface area contributed by atoms with E-state index in [1.165, 1.54) is 12.3 Å². The molecule has 4 aliphatic rings. The molecule has 2 aromatic carbocycles. The van der Waals surface area contributed by atoms with Crippen LogP contribution in [0.25, 0.3) is 11.0 Å². The second kappa shape index (κ2) is 13.4. The van der Waals surface area contributed by atoms with Crippen LogP contribution < -0.4 is 5.32 Å². The van der Waals surface area contributed by atoms with E-state index in [-0.39, 0.29) is 51.6 Å². The molecule has 2 N–H and O–H groups in total. The molecule has 14 heteroatoms. The normalized spacial score (nSPS) is 26.8. The minimum Gasteiger partial charge on any atom is -0.481 e. The molecule has 49 heavy (non-hydrogen) atoms. The number of halogens is 2. The summed E-state index contributed by atoms with van der Waals surface area (Å²) < 4.78 is 53.1. The first-order chi connectivity index (χ1) is 23.4. The Kier molecular flexibility index (Phi) is 9.33. The van der Waals surface area contributed by atoms with Crippen molar-refractivity contribution in [1.29, 1.82) is 0 Å². The number of para-hydroxylation sites is 1. The number of likely N-dealkylation sites (tertiary alicyclic amines) is 2. The molecule has 7 rings (SSSR count). The predicted molar refractivity (Wildman–Crippen MR) is 179 cm³/mol. The molecule has 0 spiro atoms. The van der Waals surface area contributed by atoms with Gasteiger partial charge < -0.3 is 19.6 Å². The summed E-state index contributed by atoms with van der Waals surface area (Å²) in [4.78, 5) is 43.5. The van der Waals surface area contributed by atoms with Crippen LogP contribution in [0.4, 0.5) is 10.1 Å². The zero-order valence-corrected chi connectivity index (χ0v) is 28.5. The lowest BCUT2D eigenvalue weighted by molar-refractivity contribution is -0.253. The number of rotatable bonds is 10. The molecule has 3 saturated heterocycles. The number of benzene rings is 2. The molecule has 1 aromatic heterocycles. The zero-order valence-electron chi connectivity index (χ0n) is 26.9. The Labute approximate surface area is 288 Å². The number of ether oxygens (including phenoxy) is 1. The SMILES string of the molecule is O=C(Nc1cc(F)c(CC(=O)C(OC2CCC(C(=O)O)CC2)(N2CCCC2)N2C[C@@H]3CS(=O)(=O)C[C@@H]3C2)cc1Cl)c1coc2ccccc12. The Morgan fingerprint density at radius 1 is 1.02 bits per heavy atom. The van der Waals surface area contributed by atoms with Gasteiger partial charge in [0.1, 0.15) is 17.7 Å². The quantitative estimate of drug-likeness (QED) is 0.295. The average Bonchev–Trinajstić information content (AvgIpc) is 3.86. The van der Waals surface area contributed by atoms with Gasteiger partial charge in [-0.2, -0.15) is 0 Å². The van der Waals surface area contributed by atoms with Crippen LogP contribution in [-0.4, -0.2) is 90.6 Å². The number of anilines is 1. The summed E-state index contributed by atoms with van der Waals surface area (Å²) in [5.41, 5.74) is 0.863. The van der Waals surface area contributed by atoms with Crippen LogP contribution in [0.5, 0.6) is 0 Å². The van der Waals surface area contributed by atoms with Gasteiger partial charge in [0.2, 0.25) is 5.85 Å². The number of Topliss-reactive ketones (excluding diaryl/α,β-unsaturated/α-hetero) is 1. The van der Waals surface area contributed by atoms with Crippen molar-refractivity contribution in [1.82, 2.24) is 9.80 Å². The molecule has 1 aliphatic carbocycles. The van der Waals surface area contributed by atoms with Crippen molar-refractivity contribution in [2.75, 3.05) is 43.0 Å². The summed E-state index contributed by atoms with van der Waals surface area (Å²) in [5.74, 6) is -4.76. The zero-order chi connectivity index (χ0) is 34.5. The first-order valence-corrected chi connectivity index (χ1v) is 19.0. The summed E-state index contributed by atoms with van der Waals surface area (Å²) >= 11 is 6.59. The summed E-state index contributed by atoms with van der Waals surface area (Å²) in [7, 11) is -3.17. The maximum Gasteiger partial charge on any atom is 0.306 e. The fourth-order valence-electron chi connectivity index (χ4n) is 8.18. The largest absolute Gasteiger partial charge is 0.481 e. The maximum atomic E-state index is 15.9. The fourth-order valence-corrected chi connectivity index (χ4v) is 10.6. The van der Waals surface area contributed by atoms with E-state index >= 15 is 4.39 Å². The minimum atomic E-state index is -3.17. The fraction of sp³-hybridized carbons (Fsp3) is 0.514. The van der Waals surface area contributed by atoms with Crippen LogP contribution in [-0.2, 0) is 30.6 Å². The molecule has 1 saturated carbocycles. The van der Waals surface area contributed by atoms with E-state index in [1.54, 1.807) is 24.3 Å². The number of aliphatic carboxylic acids is 1. The molecule has 3 aromatic rings. The number of carbonyl (C=O) groups is 3. The van der Waals surface area contributed by atoms with Crippen LogP contribution in [0.15, 0.2) is 47.1 Å². The molecular formula is C35H39ClFN3O8S. The molecule has 1 amide bonds. The van der Waals surface area contributed by atoms with E-state index in [2.05, 4.69) is 5.32 Å². The molecule has 4 fully saturated rings. The van der Waals surface area contributed by atoms with Gasteiger partial charge in [-0.1, -0.05) is 29.8 Å². The van der Waals surface area contributed by atoms with Crippen molar-refractivity contribution in [3.8, 4) is 0 Å². The third-order valence-electron chi connectivity index (χ3n) is 10.7. The van der Waals surface area contributed by atoms with Crippen LogP contribution in [0, 0.1) is 23.6 Å². The lowest BCUT2D eigenvalue weighted by atomic mass is 9.87. The summed E-state index contributed by atoms with van der Waals surface area (Å²) in [6.07, 6.45) is 3.96. The molecular weight excluding hydrogens is 677 g/mol. The number of furan rings is 1. The predicted octanol–water partition coefficient (Wildman–Crippen LogP) is 4.98. The Bertz CT molecular complexity index is 1870. The molecule has 3 aliphatic heterocycles. The van der Waals surface area contributed by atoms with Crippen molar-refractivity contribution in [2.45, 2.75) is 56.9 Å². The van der Waals surface area contributed by atoms with E-state index in [1.807, 2.05) is 9.80 Å². The van der Waals surface area contributed by atoms with Gasteiger partial charge in [-0.25, -0.2) is 12.8 Å². The number of carboxylic acid groups (broad SMARTS) is 1. The Hall–Kier alpha value is -3.36. The second-order valence-electron chi connectivity index (χ2n) is 13.9. The van der Waals surface area contributed by atoms with Crippen molar-refractivity contribution in [3.05, 3.63) is 64.6 Å². The van der Waals surface area contributed by atoms with Crippen LogP contribution in [0.2, 0.25) is 5.02 Å². The van der Waals surface area contributed by atoms with Gasteiger partial charge in [0.05, 0.1) is 39.8 Å². The molecule has 3 atom stereocenters. The Morgan fingerprint density at radius 3 is 2.37 bits per heavy atom. The van der Waals surface area contributed by atoms with Crippen molar-refractivity contribution >= 4 is 55.8 Å². The van der Waals surface area contributed by atoms with E-state index in [0.717, 1.165) is 18.9 Å². The van der Waals surface area contributed by atoms with Gasteiger partial charge in [0.15, 0.2) is 15.6 Å². The van der Waals surface area contributed by atoms with Gasteiger partial charge >= 0.3 is 5.97 Å². The molecule has 4 heterocycles.